The molecule has 0 N–H and O–H groups in total. The lowest BCUT2D eigenvalue weighted by molar-refractivity contribution is -0.135. The van der Waals surface area contributed by atoms with Crippen molar-refractivity contribution in [3.63, 3.8) is 0 Å². The zero-order valence-electron chi connectivity index (χ0n) is 15.1. The molecule has 1 amide bonds. The summed E-state index contributed by atoms with van der Waals surface area (Å²) >= 11 is 0. The molecule has 2 aliphatic heterocycles. The number of amides is 1. The molecular formula is C19H26N6O. The summed E-state index contributed by atoms with van der Waals surface area (Å²) in [6.45, 7) is 3.52. The number of hydrogen-bond donors (Lipinski definition) is 0. The van der Waals surface area contributed by atoms with Crippen LogP contribution in [0.3, 0.4) is 0 Å². The van der Waals surface area contributed by atoms with Crippen molar-refractivity contribution in [2.75, 3.05) is 31.1 Å². The first-order valence-electron chi connectivity index (χ1n) is 9.67. The Morgan fingerprint density at radius 2 is 1.81 bits per heavy atom. The van der Waals surface area contributed by atoms with Crippen LogP contribution in [0.1, 0.15) is 38.5 Å². The van der Waals surface area contributed by atoms with Gasteiger partial charge in [0.15, 0.2) is 5.82 Å². The SMILES string of the molecule is O=C(C1CCCN(c2cc(-n3cccn3)ncn2)C1)N1CCCCCC1. The molecule has 2 aromatic rings. The third-order valence-electron chi connectivity index (χ3n) is 5.39. The van der Waals surface area contributed by atoms with Gasteiger partial charge in [0.05, 0.1) is 5.92 Å². The summed E-state index contributed by atoms with van der Waals surface area (Å²) in [7, 11) is 0. The highest BCUT2D eigenvalue weighted by molar-refractivity contribution is 5.79. The topological polar surface area (TPSA) is 67.2 Å². The van der Waals surface area contributed by atoms with Crippen molar-refractivity contribution in [1.29, 1.82) is 0 Å². The average Bonchev–Trinajstić information content (AvgIpc) is 3.10. The molecule has 2 saturated heterocycles. The second kappa shape index (κ2) is 7.85. The van der Waals surface area contributed by atoms with E-state index in [2.05, 4.69) is 24.9 Å². The lowest BCUT2D eigenvalue weighted by Crippen LogP contribution is -2.45. The number of nitrogens with zero attached hydrogens (tertiary/aromatic N) is 6. The summed E-state index contributed by atoms with van der Waals surface area (Å²) < 4.78 is 1.73. The van der Waals surface area contributed by atoms with Crippen LogP contribution in [0.15, 0.2) is 30.9 Å². The molecule has 0 bridgehead atoms. The van der Waals surface area contributed by atoms with Crippen LogP contribution in [0.5, 0.6) is 0 Å². The van der Waals surface area contributed by atoms with E-state index >= 15 is 0 Å². The van der Waals surface area contributed by atoms with Crippen molar-refractivity contribution in [3.05, 3.63) is 30.9 Å². The quantitative estimate of drug-likeness (QED) is 0.846. The predicted octanol–water partition coefficient (Wildman–Crippen LogP) is 2.28. The summed E-state index contributed by atoms with van der Waals surface area (Å²) in [5.74, 6) is 2.03. The molecule has 4 heterocycles. The number of piperidine rings is 1. The van der Waals surface area contributed by atoms with Crippen LogP contribution < -0.4 is 4.90 Å². The van der Waals surface area contributed by atoms with Gasteiger partial charge in [0.25, 0.3) is 0 Å². The maximum atomic E-state index is 13.0. The Labute approximate surface area is 154 Å². The first kappa shape index (κ1) is 17.0. The van der Waals surface area contributed by atoms with Gasteiger partial charge in [-0.05, 0) is 31.7 Å². The zero-order chi connectivity index (χ0) is 17.8. The van der Waals surface area contributed by atoms with E-state index < -0.39 is 0 Å². The van der Waals surface area contributed by atoms with Crippen LogP contribution in [0.25, 0.3) is 5.82 Å². The van der Waals surface area contributed by atoms with E-state index in [0.717, 1.165) is 63.5 Å². The molecule has 0 aromatic carbocycles. The summed E-state index contributed by atoms with van der Waals surface area (Å²) in [5.41, 5.74) is 0. The van der Waals surface area contributed by atoms with Crippen molar-refractivity contribution >= 4 is 11.7 Å². The van der Waals surface area contributed by atoms with Crippen LogP contribution in [-0.2, 0) is 4.79 Å². The molecule has 138 valence electrons. The lowest BCUT2D eigenvalue weighted by Gasteiger charge is -2.35. The summed E-state index contributed by atoms with van der Waals surface area (Å²) in [5, 5.41) is 4.23. The van der Waals surface area contributed by atoms with Crippen molar-refractivity contribution in [3.8, 4) is 5.82 Å². The molecule has 1 atom stereocenters. The van der Waals surface area contributed by atoms with Gasteiger partial charge in [-0.25, -0.2) is 14.6 Å². The highest BCUT2D eigenvalue weighted by atomic mass is 16.2. The fourth-order valence-electron chi connectivity index (χ4n) is 3.98. The third kappa shape index (κ3) is 3.71. The lowest BCUT2D eigenvalue weighted by atomic mass is 9.96. The van der Waals surface area contributed by atoms with Gasteiger partial charge in [0.1, 0.15) is 12.1 Å². The maximum Gasteiger partial charge on any atom is 0.227 e. The Hall–Kier alpha value is -2.44. The highest BCUT2D eigenvalue weighted by Crippen LogP contribution is 2.25. The monoisotopic (exact) mass is 354 g/mol. The Morgan fingerprint density at radius 1 is 1.00 bits per heavy atom. The second-order valence-electron chi connectivity index (χ2n) is 7.21. The van der Waals surface area contributed by atoms with Gasteiger partial charge in [-0.15, -0.1) is 0 Å². The van der Waals surface area contributed by atoms with Gasteiger partial charge < -0.3 is 9.80 Å². The zero-order valence-corrected chi connectivity index (χ0v) is 15.1. The Bertz CT molecular complexity index is 723. The standard InChI is InChI=1S/C19H26N6O/c26-19(23-9-3-1-2-4-10-23)16-7-5-11-24(14-16)17-13-18(21-15-20-17)25-12-6-8-22-25/h6,8,12-13,15-16H,1-5,7,9-11,14H2. The first-order chi connectivity index (χ1) is 12.8. The van der Waals surface area contributed by atoms with E-state index in [-0.39, 0.29) is 5.92 Å². The van der Waals surface area contributed by atoms with Crippen LogP contribution in [0.4, 0.5) is 5.82 Å². The number of aromatic nitrogens is 4. The van der Waals surface area contributed by atoms with E-state index in [1.807, 2.05) is 18.3 Å². The maximum absolute atomic E-state index is 13.0. The van der Waals surface area contributed by atoms with E-state index in [1.165, 1.54) is 12.8 Å². The van der Waals surface area contributed by atoms with E-state index in [0.29, 0.717) is 5.91 Å². The number of anilines is 1. The third-order valence-corrected chi connectivity index (χ3v) is 5.39. The molecule has 1 unspecified atom stereocenters. The van der Waals surface area contributed by atoms with Crippen LogP contribution in [0.2, 0.25) is 0 Å². The molecule has 2 fully saturated rings. The Balaban J connectivity index is 1.46. The molecule has 0 saturated carbocycles. The normalized spacial score (nSPS) is 21.5. The molecule has 4 rings (SSSR count). The van der Waals surface area contributed by atoms with Crippen molar-refractivity contribution in [2.24, 2.45) is 5.92 Å². The summed E-state index contributed by atoms with van der Waals surface area (Å²) in [4.78, 5) is 26.0. The number of carbonyl (C=O) groups is 1. The van der Waals surface area contributed by atoms with Crippen LogP contribution in [-0.4, -0.2) is 56.7 Å². The van der Waals surface area contributed by atoms with Gasteiger partial charge in [-0.2, -0.15) is 5.10 Å². The second-order valence-corrected chi connectivity index (χ2v) is 7.21. The van der Waals surface area contributed by atoms with E-state index in [1.54, 1.807) is 17.2 Å². The number of hydrogen-bond acceptors (Lipinski definition) is 5. The first-order valence-corrected chi connectivity index (χ1v) is 9.67. The van der Waals surface area contributed by atoms with Crippen molar-refractivity contribution < 1.29 is 4.79 Å². The summed E-state index contributed by atoms with van der Waals surface area (Å²) in [6, 6.07) is 3.82. The molecule has 0 aliphatic carbocycles. The molecule has 2 aromatic heterocycles. The fraction of sp³-hybridized carbons (Fsp3) is 0.579. The average molecular weight is 354 g/mol. The van der Waals surface area contributed by atoms with E-state index in [9.17, 15) is 4.79 Å². The van der Waals surface area contributed by atoms with Gasteiger partial charge >= 0.3 is 0 Å². The minimum absolute atomic E-state index is 0.0740. The molecule has 26 heavy (non-hydrogen) atoms. The largest absolute Gasteiger partial charge is 0.356 e. The number of rotatable bonds is 3. The van der Waals surface area contributed by atoms with Gasteiger partial charge in [-0.1, -0.05) is 12.8 Å². The highest BCUT2D eigenvalue weighted by Gasteiger charge is 2.30. The minimum atomic E-state index is 0.0740. The van der Waals surface area contributed by atoms with E-state index in [4.69, 9.17) is 0 Å². The molecule has 7 nitrogen and oxygen atoms in total. The predicted molar refractivity (Wildman–Crippen MR) is 99.1 cm³/mol. The van der Waals surface area contributed by atoms with Crippen LogP contribution in [0, 0.1) is 5.92 Å². The van der Waals surface area contributed by atoms with Crippen LogP contribution >= 0.6 is 0 Å². The fourth-order valence-corrected chi connectivity index (χ4v) is 3.98. The molecule has 0 radical (unpaired) electrons. The minimum Gasteiger partial charge on any atom is -0.356 e. The molecule has 2 aliphatic rings. The van der Waals surface area contributed by atoms with Gasteiger partial charge in [0.2, 0.25) is 5.91 Å². The molecule has 7 heteroatoms. The molecule has 0 spiro atoms. The Morgan fingerprint density at radius 3 is 2.58 bits per heavy atom. The van der Waals surface area contributed by atoms with Crippen molar-refractivity contribution in [2.45, 2.75) is 38.5 Å². The number of carbonyl (C=O) groups excluding carboxylic acids is 1. The van der Waals surface area contributed by atoms with Gasteiger partial charge in [-0.3, -0.25) is 4.79 Å². The van der Waals surface area contributed by atoms with Crippen molar-refractivity contribution in [1.82, 2.24) is 24.6 Å². The smallest absolute Gasteiger partial charge is 0.227 e. The molecular weight excluding hydrogens is 328 g/mol. The number of likely N-dealkylation sites (tertiary alicyclic amines) is 1. The Kier molecular flexibility index (Phi) is 5.13. The summed E-state index contributed by atoms with van der Waals surface area (Å²) in [6.07, 6.45) is 11.9. The van der Waals surface area contributed by atoms with Gasteiger partial charge in [0, 0.05) is 44.6 Å².